The summed E-state index contributed by atoms with van der Waals surface area (Å²) in [5, 5.41) is 2.44. The molecule has 0 saturated heterocycles. The quantitative estimate of drug-likeness (QED) is 0.238. The predicted molar refractivity (Wildman–Crippen MR) is 139 cm³/mol. The molecule has 2 heterocycles. The molecule has 4 heteroatoms. The molecule has 0 aliphatic rings. The van der Waals surface area contributed by atoms with Gasteiger partial charge in [0.15, 0.2) is 0 Å². The maximum atomic E-state index is 5.21. The third-order valence-electron chi connectivity index (χ3n) is 8.25. The Morgan fingerprint density at radius 3 is 1.10 bits per heavy atom. The highest BCUT2D eigenvalue weighted by molar-refractivity contribution is 6.79. The number of benzene rings is 1. The van der Waals surface area contributed by atoms with E-state index in [9.17, 15) is 0 Å². The molecule has 0 saturated carbocycles. The highest BCUT2D eigenvalue weighted by Crippen LogP contribution is 2.29. The summed E-state index contributed by atoms with van der Waals surface area (Å²) < 4.78 is 0. The molecule has 3 aromatic rings. The van der Waals surface area contributed by atoms with Gasteiger partial charge in [0.05, 0.1) is 27.2 Å². The number of nitrogens with zero attached hydrogens (tertiary/aromatic N) is 2. The van der Waals surface area contributed by atoms with Gasteiger partial charge in [0, 0.05) is 22.2 Å². The molecule has 30 heavy (non-hydrogen) atoms. The van der Waals surface area contributed by atoms with Crippen molar-refractivity contribution in [3.8, 4) is 0 Å². The molecule has 0 radical (unpaired) electrons. The van der Waals surface area contributed by atoms with Gasteiger partial charge in [-0.2, -0.15) is 0 Å². The first-order valence-corrected chi connectivity index (χ1v) is 17.8. The van der Waals surface area contributed by atoms with Gasteiger partial charge in [0.1, 0.15) is 0 Å². The molecule has 0 aliphatic carbocycles. The molecule has 0 aliphatic heterocycles. The first-order valence-electron chi connectivity index (χ1n) is 12.2. The summed E-state index contributed by atoms with van der Waals surface area (Å²) in [6, 6.07) is 23.9. The topological polar surface area (TPSA) is 25.8 Å². The van der Waals surface area contributed by atoms with Gasteiger partial charge >= 0.3 is 0 Å². The largest absolute Gasteiger partial charge is 0.251 e. The normalized spacial score (nSPS) is 12.7. The standard InChI is InChI=1S/C26H40N2Si2/c1-7-29(8-2,9-3)19-23-17-15-21-13-14-22-16-18-24(28-26(22)25(21)27-23)20-30(10-4,11-5)12-6/h13-18H,7-12,19-20H2,1-6H3. The minimum absolute atomic E-state index is 1.11. The van der Waals surface area contributed by atoms with Crippen molar-refractivity contribution in [2.75, 3.05) is 0 Å². The Labute approximate surface area is 185 Å². The van der Waals surface area contributed by atoms with Crippen LogP contribution in [0, 0.1) is 0 Å². The Balaban J connectivity index is 2.07. The zero-order valence-electron chi connectivity index (χ0n) is 20.0. The summed E-state index contributed by atoms with van der Waals surface area (Å²) in [6.07, 6.45) is 0. The molecule has 0 atom stereocenters. The van der Waals surface area contributed by atoms with E-state index in [0.717, 1.165) is 11.0 Å². The van der Waals surface area contributed by atoms with Crippen LogP contribution in [0.25, 0.3) is 21.8 Å². The van der Waals surface area contributed by atoms with Crippen molar-refractivity contribution < 1.29 is 0 Å². The van der Waals surface area contributed by atoms with Gasteiger partial charge in [-0.3, -0.25) is 9.97 Å². The smallest absolute Gasteiger partial charge is 0.0967 e. The summed E-state index contributed by atoms with van der Waals surface area (Å²) in [5.74, 6) is 0. The van der Waals surface area contributed by atoms with Crippen LogP contribution < -0.4 is 0 Å². The van der Waals surface area contributed by atoms with Crippen molar-refractivity contribution in [2.24, 2.45) is 0 Å². The summed E-state index contributed by atoms with van der Waals surface area (Å²) in [4.78, 5) is 10.4. The van der Waals surface area contributed by atoms with E-state index in [1.54, 1.807) is 0 Å². The van der Waals surface area contributed by atoms with Gasteiger partial charge in [-0.15, -0.1) is 0 Å². The number of hydrogen-bond acceptors (Lipinski definition) is 2. The third-order valence-corrected chi connectivity index (χ3v) is 19.5. The molecule has 0 amide bonds. The Morgan fingerprint density at radius 2 is 0.800 bits per heavy atom. The number of pyridine rings is 2. The van der Waals surface area contributed by atoms with Crippen LogP contribution in [0.2, 0.25) is 36.3 Å². The van der Waals surface area contributed by atoms with E-state index in [1.807, 2.05) is 0 Å². The van der Waals surface area contributed by atoms with Crippen LogP contribution >= 0.6 is 0 Å². The molecule has 162 valence electrons. The lowest BCUT2D eigenvalue weighted by Gasteiger charge is -2.28. The van der Waals surface area contributed by atoms with E-state index in [2.05, 4.69) is 77.9 Å². The zero-order valence-corrected chi connectivity index (χ0v) is 22.0. The lowest BCUT2D eigenvalue weighted by molar-refractivity contribution is 1.06. The van der Waals surface area contributed by atoms with E-state index in [0.29, 0.717) is 0 Å². The fourth-order valence-corrected chi connectivity index (χ4v) is 11.5. The van der Waals surface area contributed by atoms with Crippen LogP contribution in [-0.2, 0) is 12.1 Å². The van der Waals surface area contributed by atoms with E-state index >= 15 is 0 Å². The Hall–Kier alpha value is -1.53. The molecule has 0 fully saturated rings. The van der Waals surface area contributed by atoms with Gasteiger partial charge in [0.25, 0.3) is 0 Å². The SMILES string of the molecule is CC[Si](CC)(CC)Cc1ccc2ccc3ccc(C[Si](CC)(CC)CC)nc3c2n1. The van der Waals surface area contributed by atoms with Crippen molar-refractivity contribution in [3.05, 3.63) is 47.8 Å². The van der Waals surface area contributed by atoms with E-state index in [4.69, 9.17) is 9.97 Å². The summed E-state index contributed by atoms with van der Waals surface area (Å²) in [6.45, 7) is 14.3. The maximum absolute atomic E-state index is 5.21. The molecule has 0 unspecified atom stereocenters. The number of rotatable bonds is 10. The zero-order chi connectivity index (χ0) is 21.8. The van der Waals surface area contributed by atoms with Crippen molar-refractivity contribution >= 4 is 38.0 Å². The van der Waals surface area contributed by atoms with Crippen LogP contribution in [0.4, 0.5) is 0 Å². The molecule has 0 spiro atoms. The van der Waals surface area contributed by atoms with Crippen LogP contribution in [0.15, 0.2) is 36.4 Å². The van der Waals surface area contributed by atoms with Crippen LogP contribution in [0.3, 0.4) is 0 Å². The average Bonchev–Trinajstić information content (AvgIpc) is 2.81. The molecular weight excluding hydrogens is 396 g/mol. The first-order chi connectivity index (χ1) is 14.5. The lowest BCUT2D eigenvalue weighted by atomic mass is 10.1. The van der Waals surface area contributed by atoms with Gasteiger partial charge in [-0.1, -0.05) is 102 Å². The summed E-state index contributed by atoms with van der Waals surface area (Å²) in [5.41, 5.74) is 4.77. The third kappa shape index (κ3) is 4.55. The molecule has 1 aromatic carbocycles. The van der Waals surface area contributed by atoms with Crippen LogP contribution in [0.5, 0.6) is 0 Å². The summed E-state index contributed by atoms with van der Waals surface area (Å²) >= 11 is 0. The predicted octanol–water partition coefficient (Wildman–Crippen LogP) is 7.96. The van der Waals surface area contributed by atoms with Crippen molar-refractivity contribution in [3.63, 3.8) is 0 Å². The average molecular weight is 437 g/mol. The molecule has 3 rings (SSSR count). The highest BCUT2D eigenvalue weighted by atomic mass is 28.3. The molecule has 2 nitrogen and oxygen atoms in total. The maximum Gasteiger partial charge on any atom is 0.0967 e. The second-order valence-electron chi connectivity index (χ2n) is 9.29. The van der Waals surface area contributed by atoms with Gasteiger partial charge in [0.2, 0.25) is 0 Å². The fourth-order valence-electron chi connectivity index (χ4n) is 5.06. The van der Waals surface area contributed by atoms with Gasteiger partial charge in [-0.05, 0) is 24.2 Å². The molecule has 2 aromatic heterocycles. The van der Waals surface area contributed by atoms with E-state index in [1.165, 1.54) is 70.5 Å². The monoisotopic (exact) mass is 436 g/mol. The van der Waals surface area contributed by atoms with Crippen molar-refractivity contribution in [2.45, 2.75) is 89.9 Å². The minimum Gasteiger partial charge on any atom is -0.251 e. The van der Waals surface area contributed by atoms with Crippen LogP contribution in [0.1, 0.15) is 52.9 Å². The molecule has 0 N–H and O–H groups in total. The van der Waals surface area contributed by atoms with Crippen LogP contribution in [-0.4, -0.2) is 26.1 Å². The number of aromatic nitrogens is 2. The number of fused-ring (bicyclic) bond motifs is 3. The summed E-state index contributed by atoms with van der Waals surface area (Å²) in [7, 11) is -2.50. The Bertz CT molecular complexity index is 894. The first kappa shape index (κ1) is 23.1. The van der Waals surface area contributed by atoms with Gasteiger partial charge < -0.3 is 0 Å². The van der Waals surface area contributed by atoms with Crippen molar-refractivity contribution in [1.82, 2.24) is 9.97 Å². The van der Waals surface area contributed by atoms with E-state index in [-0.39, 0.29) is 0 Å². The molecular formula is C26H40N2Si2. The highest BCUT2D eigenvalue weighted by Gasteiger charge is 2.28. The Kier molecular flexibility index (Phi) is 7.51. The Morgan fingerprint density at radius 1 is 0.500 bits per heavy atom. The fraction of sp³-hybridized carbons (Fsp3) is 0.538. The number of hydrogen-bond donors (Lipinski definition) is 0. The van der Waals surface area contributed by atoms with Gasteiger partial charge in [-0.25, -0.2) is 0 Å². The second kappa shape index (κ2) is 9.74. The second-order valence-corrected chi connectivity index (χ2v) is 20.2. The lowest BCUT2D eigenvalue weighted by Crippen LogP contribution is -2.35. The molecule has 0 bridgehead atoms. The minimum atomic E-state index is -1.25. The van der Waals surface area contributed by atoms with Crippen molar-refractivity contribution in [1.29, 1.82) is 0 Å². The van der Waals surface area contributed by atoms with E-state index < -0.39 is 16.1 Å².